The summed E-state index contributed by atoms with van der Waals surface area (Å²) in [5.74, 6) is -0.485. The third-order valence-corrected chi connectivity index (χ3v) is 5.86. The van der Waals surface area contributed by atoms with Gasteiger partial charge in [-0.25, -0.2) is 9.07 Å². The van der Waals surface area contributed by atoms with E-state index in [1.165, 1.54) is 12.1 Å². The maximum Gasteiger partial charge on any atom is 0.276 e. The van der Waals surface area contributed by atoms with Gasteiger partial charge in [0.25, 0.3) is 5.91 Å². The summed E-state index contributed by atoms with van der Waals surface area (Å²) in [4.78, 5) is 19.5. The van der Waals surface area contributed by atoms with Crippen molar-refractivity contribution >= 4 is 16.8 Å². The van der Waals surface area contributed by atoms with Crippen LogP contribution < -0.4 is 0 Å². The lowest BCUT2D eigenvalue weighted by molar-refractivity contribution is 0.0670. The number of aromatic nitrogens is 4. The summed E-state index contributed by atoms with van der Waals surface area (Å²) < 4.78 is 15.4. The molecular weight excluding hydrogens is 381 g/mol. The molecule has 2 aromatic carbocycles. The highest BCUT2D eigenvalue weighted by molar-refractivity contribution is 5.94. The number of fused-ring (bicyclic) bond motifs is 2. The molecule has 0 fully saturated rings. The van der Waals surface area contributed by atoms with E-state index < -0.39 is 0 Å². The Labute approximate surface area is 173 Å². The molecule has 30 heavy (non-hydrogen) atoms. The molecular formula is C23H20FN5O. The Morgan fingerprint density at radius 3 is 2.90 bits per heavy atom. The van der Waals surface area contributed by atoms with Crippen LogP contribution in [0.5, 0.6) is 0 Å². The fraction of sp³-hybridized carbons (Fsp3) is 0.217. The molecule has 0 saturated carbocycles. The second-order valence-corrected chi connectivity index (χ2v) is 7.55. The SMILES string of the molecule is Cc1c(C(=O)N2CCc3ccc(F)cc3C2C)nnn1-c1cccc2ncccc12. The van der Waals surface area contributed by atoms with Gasteiger partial charge in [-0.05, 0) is 67.8 Å². The van der Waals surface area contributed by atoms with Gasteiger partial charge in [0.05, 0.1) is 22.9 Å². The highest BCUT2D eigenvalue weighted by Crippen LogP contribution is 2.31. The number of benzene rings is 2. The molecule has 0 spiro atoms. The average Bonchev–Trinajstić information content (AvgIpc) is 3.14. The van der Waals surface area contributed by atoms with E-state index in [9.17, 15) is 9.18 Å². The van der Waals surface area contributed by atoms with Crippen molar-refractivity contribution in [2.24, 2.45) is 0 Å². The molecule has 6 nitrogen and oxygen atoms in total. The number of hydrogen-bond acceptors (Lipinski definition) is 4. The molecule has 1 aliphatic rings. The normalized spacial score (nSPS) is 16.0. The maximum absolute atomic E-state index is 13.8. The fourth-order valence-corrected chi connectivity index (χ4v) is 4.23. The minimum Gasteiger partial charge on any atom is -0.330 e. The van der Waals surface area contributed by atoms with E-state index in [0.717, 1.165) is 27.7 Å². The molecule has 0 aliphatic carbocycles. The van der Waals surface area contributed by atoms with E-state index in [-0.39, 0.29) is 17.8 Å². The third-order valence-electron chi connectivity index (χ3n) is 5.86. The molecule has 0 radical (unpaired) electrons. The lowest BCUT2D eigenvalue weighted by Gasteiger charge is -2.35. The van der Waals surface area contributed by atoms with E-state index in [0.29, 0.717) is 24.4 Å². The van der Waals surface area contributed by atoms with Crippen LogP contribution in [0.1, 0.15) is 40.3 Å². The number of carbonyl (C=O) groups is 1. The molecule has 0 bridgehead atoms. The summed E-state index contributed by atoms with van der Waals surface area (Å²) >= 11 is 0. The summed E-state index contributed by atoms with van der Waals surface area (Å²) in [7, 11) is 0. The van der Waals surface area contributed by atoms with Crippen LogP contribution in [-0.2, 0) is 6.42 Å². The quantitative estimate of drug-likeness (QED) is 0.509. The third kappa shape index (κ3) is 2.85. The van der Waals surface area contributed by atoms with E-state index in [1.54, 1.807) is 21.8 Å². The molecule has 7 heteroatoms. The molecule has 150 valence electrons. The molecule has 4 aromatic rings. The number of hydrogen-bond donors (Lipinski definition) is 0. The van der Waals surface area contributed by atoms with Gasteiger partial charge in [0.2, 0.25) is 0 Å². The highest BCUT2D eigenvalue weighted by atomic mass is 19.1. The fourth-order valence-electron chi connectivity index (χ4n) is 4.23. The Morgan fingerprint density at radius 2 is 2.03 bits per heavy atom. The summed E-state index contributed by atoms with van der Waals surface area (Å²) in [6.07, 6.45) is 2.43. The zero-order valence-corrected chi connectivity index (χ0v) is 16.7. The molecule has 0 N–H and O–H groups in total. The van der Waals surface area contributed by atoms with Crippen LogP contribution in [0, 0.1) is 12.7 Å². The van der Waals surface area contributed by atoms with E-state index >= 15 is 0 Å². The Bertz CT molecular complexity index is 1280. The summed E-state index contributed by atoms with van der Waals surface area (Å²) in [5, 5.41) is 9.41. The van der Waals surface area contributed by atoms with Crippen molar-refractivity contribution in [2.75, 3.05) is 6.54 Å². The van der Waals surface area contributed by atoms with Crippen LogP contribution in [0.25, 0.3) is 16.6 Å². The van der Waals surface area contributed by atoms with Crippen LogP contribution in [0.3, 0.4) is 0 Å². The van der Waals surface area contributed by atoms with Gasteiger partial charge < -0.3 is 4.90 Å². The Morgan fingerprint density at radius 1 is 1.17 bits per heavy atom. The molecule has 3 heterocycles. The largest absolute Gasteiger partial charge is 0.330 e. The van der Waals surface area contributed by atoms with Crippen molar-refractivity contribution in [2.45, 2.75) is 26.3 Å². The minimum absolute atomic E-state index is 0.195. The first-order valence-electron chi connectivity index (χ1n) is 9.90. The lowest BCUT2D eigenvalue weighted by atomic mass is 9.93. The summed E-state index contributed by atoms with van der Waals surface area (Å²) in [5.41, 5.74) is 4.57. The number of nitrogens with zero attached hydrogens (tertiary/aromatic N) is 5. The summed E-state index contributed by atoms with van der Waals surface area (Å²) in [6, 6.07) is 14.2. The van der Waals surface area contributed by atoms with E-state index in [2.05, 4.69) is 15.3 Å². The molecule has 1 unspecified atom stereocenters. The van der Waals surface area contributed by atoms with Gasteiger partial charge in [-0.2, -0.15) is 0 Å². The van der Waals surface area contributed by atoms with Gasteiger partial charge in [-0.15, -0.1) is 5.10 Å². The number of rotatable bonds is 2. The van der Waals surface area contributed by atoms with Gasteiger partial charge in [0.15, 0.2) is 5.69 Å². The Balaban J connectivity index is 1.52. The van der Waals surface area contributed by atoms with Crippen molar-refractivity contribution in [3.8, 4) is 5.69 Å². The molecule has 1 aliphatic heterocycles. The first-order valence-corrected chi connectivity index (χ1v) is 9.90. The van der Waals surface area contributed by atoms with Crippen molar-refractivity contribution in [3.63, 3.8) is 0 Å². The molecule has 1 amide bonds. The Hall–Kier alpha value is -3.61. The topological polar surface area (TPSA) is 63.9 Å². The average molecular weight is 401 g/mol. The predicted octanol–water partition coefficient (Wildman–Crippen LogP) is 4.02. The van der Waals surface area contributed by atoms with Gasteiger partial charge in [-0.3, -0.25) is 9.78 Å². The monoisotopic (exact) mass is 401 g/mol. The van der Waals surface area contributed by atoms with E-state index in [4.69, 9.17) is 0 Å². The summed E-state index contributed by atoms with van der Waals surface area (Å²) in [6.45, 7) is 4.32. The van der Waals surface area contributed by atoms with Crippen molar-refractivity contribution < 1.29 is 9.18 Å². The van der Waals surface area contributed by atoms with Crippen LogP contribution in [-0.4, -0.2) is 37.3 Å². The second kappa shape index (κ2) is 7.02. The van der Waals surface area contributed by atoms with Crippen LogP contribution >= 0.6 is 0 Å². The molecule has 2 aromatic heterocycles. The molecule has 0 saturated heterocycles. The second-order valence-electron chi connectivity index (χ2n) is 7.55. The zero-order chi connectivity index (χ0) is 20.8. The van der Waals surface area contributed by atoms with E-state index in [1.807, 2.05) is 44.2 Å². The Kier molecular flexibility index (Phi) is 4.31. The number of carbonyl (C=O) groups excluding carboxylic acids is 1. The number of amides is 1. The first kappa shape index (κ1) is 18.4. The van der Waals surface area contributed by atoms with Crippen LogP contribution in [0.15, 0.2) is 54.7 Å². The smallest absolute Gasteiger partial charge is 0.276 e. The van der Waals surface area contributed by atoms with Crippen molar-refractivity contribution in [3.05, 3.63) is 83.1 Å². The number of halogens is 1. The molecule has 5 rings (SSSR count). The first-order chi connectivity index (χ1) is 14.5. The maximum atomic E-state index is 13.8. The van der Waals surface area contributed by atoms with Crippen LogP contribution in [0.4, 0.5) is 4.39 Å². The van der Waals surface area contributed by atoms with Gasteiger partial charge >= 0.3 is 0 Å². The molecule has 1 atom stereocenters. The predicted molar refractivity (Wildman–Crippen MR) is 111 cm³/mol. The number of pyridine rings is 1. The standard InChI is InChI=1S/C23H20FN5O/c1-14-19-13-17(24)9-8-16(19)10-12-28(14)23(30)22-15(2)29(27-26-22)21-7-3-6-20-18(21)5-4-11-25-20/h3-9,11,13-14H,10,12H2,1-2H3. The van der Waals surface area contributed by atoms with Gasteiger partial charge in [0, 0.05) is 18.1 Å². The van der Waals surface area contributed by atoms with Crippen LogP contribution in [0.2, 0.25) is 0 Å². The lowest BCUT2D eigenvalue weighted by Crippen LogP contribution is -2.39. The highest BCUT2D eigenvalue weighted by Gasteiger charge is 2.31. The zero-order valence-electron chi connectivity index (χ0n) is 16.7. The van der Waals surface area contributed by atoms with Gasteiger partial charge in [-0.1, -0.05) is 17.3 Å². The van der Waals surface area contributed by atoms with Crippen molar-refractivity contribution in [1.29, 1.82) is 0 Å². The minimum atomic E-state index is -0.290. The van der Waals surface area contributed by atoms with Crippen molar-refractivity contribution in [1.82, 2.24) is 24.9 Å². The van der Waals surface area contributed by atoms with Gasteiger partial charge in [0.1, 0.15) is 5.82 Å².